The molecule has 30 heavy (non-hydrogen) atoms. The summed E-state index contributed by atoms with van der Waals surface area (Å²) in [6, 6.07) is 3.48. The summed E-state index contributed by atoms with van der Waals surface area (Å²) < 4.78 is 0. The molecule has 0 bridgehead atoms. The van der Waals surface area contributed by atoms with E-state index < -0.39 is 0 Å². The van der Waals surface area contributed by atoms with Crippen LogP contribution in [0.5, 0.6) is 0 Å². The fraction of sp³-hybridized carbons (Fsp3) is 0.522. The Labute approximate surface area is 178 Å². The summed E-state index contributed by atoms with van der Waals surface area (Å²) in [4.78, 5) is 39.7. The number of pyridine rings is 1. The number of aryl methyl sites for hydroxylation is 2. The van der Waals surface area contributed by atoms with Crippen LogP contribution in [-0.2, 0) is 11.2 Å². The van der Waals surface area contributed by atoms with Gasteiger partial charge in [0.05, 0.1) is 0 Å². The van der Waals surface area contributed by atoms with Crippen LogP contribution in [0, 0.1) is 25.7 Å². The Bertz CT molecular complexity index is 869. The van der Waals surface area contributed by atoms with Crippen molar-refractivity contribution >= 4 is 17.5 Å². The molecule has 2 aromatic heterocycles. The fourth-order valence-corrected chi connectivity index (χ4v) is 4.18. The molecule has 0 radical (unpaired) electrons. The summed E-state index contributed by atoms with van der Waals surface area (Å²) in [5.41, 5.74) is 8.64. The minimum atomic E-state index is -0.318. The molecule has 7 heteroatoms. The Morgan fingerprint density at radius 3 is 2.60 bits per heavy atom. The lowest BCUT2D eigenvalue weighted by Gasteiger charge is -2.33. The number of carbonyl (C=O) groups is 2. The Morgan fingerprint density at radius 2 is 1.97 bits per heavy atom. The monoisotopic (exact) mass is 409 g/mol. The summed E-state index contributed by atoms with van der Waals surface area (Å²) in [5.74, 6) is 1.56. The lowest BCUT2D eigenvalue weighted by atomic mass is 9.89. The Hall–Kier alpha value is -2.83. The summed E-state index contributed by atoms with van der Waals surface area (Å²) >= 11 is 0. The molecule has 0 aromatic carbocycles. The highest BCUT2D eigenvalue weighted by atomic mass is 16.2. The second kappa shape index (κ2) is 9.78. The number of nitrogen functional groups attached to an aromatic ring is 1. The molecule has 1 aliphatic rings. The van der Waals surface area contributed by atoms with Crippen molar-refractivity contribution in [3.8, 4) is 0 Å². The van der Waals surface area contributed by atoms with Crippen molar-refractivity contribution in [1.29, 1.82) is 0 Å². The number of anilines is 1. The van der Waals surface area contributed by atoms with Crippen LogP contribution in [0.25, 0.3) is 0 Å². The number of ketones is 1. The molecule has 0 saturated carbocycles. The van der Waals surface area contributed by atoms with Gasteiger partial charge in [-0.05, 0) is 57.6 Å². The third kappa shape index (κ3) is 5.40. The van der Waals surface area contributed by atoms with Gasteiger partial charge < -0.3 is 10.6 Å². The molecule has 2 aromatic rings. The van der Waals surface area contributed by atoms with Gasteiger partial charge in [-0.25, -0.2) is 9.97 Å². The second-order valence-corrected chi connectivity index (χ2v) is 8.30. The van der Waals surface area contributed by atoms with Gasteiger partial charge in [-0.2, -0.15) is 0 Å². The normalized spacial score (nSPS) is 15.8. The number of hydrogen-bond donors (Lipinski definition) is 1. The van der Waals surface area contributed by atoms with E-state index in [1.807, 2.05) is 25.7 Å². The SMILES string of the molecule is Cc1nc(C)c(CCC2CCN(C(=O)[C@H](C)CC(=O)c3cccnc3)CC2)c(N)n1. The van der Waals surface area contributed by atoms with E-state index in [-0.39, 0.29) is 24.0 Å². The predicted molar refractivity (Wildman–Crippen MR) is 116 cm³/mol. The zero-order valence-electron chi connectivity index (χ0n) is 18.1. The van der Waals surface area contributed by atoms with Crippen LogP contribution in [0.1, 0.15) is 60.0 Å². The van der Waals surface area contributed by atoms with E-state index in [4.69, 9.17) is 5.73 Å². The molecule has 160 valence electrons. The summed E-state index contributed by atoms with van der Waals surface area (Å²) in [7, 11) is 0. The molecule has 7 nitrogen and oxygen atoms in total. The van der Waals surface area contributed by atoms with Crippen LogP contribution in [0.3, 0.4) is 0 Å². The second-order valence-electron chi connectivity index (χ2n) is 8.30. The van der Waals surface area contributed by atoms with Gasteiger partial charge in [0, 0.05) is 54.6 Å². The number of nitrogens with two attached hydrogens (primary N) is 1. The lowest BCUT2D eigenvalue weighted by molar-refractivity contribution is -0.136. The molecule has 1 aliphatic heterocycles. The first-order valence-electron chi connectivity index (χ1n) is 10.7. The molecule has 2 N–H and O–H groups in total. The van der Waals surface area contributed by atoms with Crippen LogP contribution >= 0.6 is 0 Å². The number of amides is 1. The number of carbonyl (C=O) groups excluding carboxylic acids is 2. The highest BCUT2D eigenvalue weighted by molar-refractivity contribution is 5.98. The van der Waals surface area contributed by atoms with E-state index in [0.717, 1.165) is 50.0 Å². The van der Waals surface area contributed by atoms with E-state index in [2.05, 4.69) is 15.0 Å². The molecule has 1 saturated heterocycles. The van der Waals surface area contributed by atoms with Crippen molar-refractivity contribution in [3.05, 3.63) is 47.2 Å². The highest BCUT2D eigenvalue weighted by Crippen LogP contribution is 2.26. The van der Waals surface area contributed by atoms with Gasteiger partial charge in [-0.3, -0.25) is 14.6 Å². The number of hydrogen-bond acceptors (Lipinski definition) is 6. The van der Waals surface area contributed by atoms with Crippen LogP contribution in [0.4, 0.5) is 5.82 Å². The first-order chi connectivity index (χ1) is 14.3. The van der Waals surface area contributed by atoms with Crippen molar-refractivity contribution < 1.29 is 9.59 Å². The van der Waals surface area contributed by atoms with E-state index >= 15 is 0 Å². The number of aromatic nitrogens is 3. The van der Waals surface area contributed by atoms with Crippen molar-refractivity contribution in [3.63, 3.8) is 0 Å². The van der Waals surface area contributed by atoms with Crippen LogP contribution in [0.2, 0.25) is 0 Å². The maximum atomic E-state index is 12.8. The molecule has 1 atom stereocenters. The summed E-state index contributed by atoms with van der Waals surface area (Å²) in [5, 5.41) is 0. The lowest BCUT2D eigenvalue weighted by Crippen LogP contribution is -2.41. The van der Waals surface area contributed by atoms with Gasteiger partial charge in [-0.1, -0.05) is 6.92 Å². The Balaban J connectivity index is 1.47. The molecule has 0 spiro atoms. The minimum absolute atomic E-state index is 0.0351. The van der Waals surface area contributed by atoms with Gasteiger partial charge in [0.1, 0.15) is 11.6 Å². The summed E-state index contributed by atoms with van der Waals surface area (Å²) in [6.45, 7) is 7.16. The zero-order valence-corrected chi connectivity index (χ0v) is 18.1. The molecule has 0 unspecified atom stereocenters. The Morgan fingerprint density at radius 1 is 1.23 bits per heavy atom. The van der Waals surface area contributed by atoms with Gasteiger partial charge >= 0.3 is 0 Å². The first-order valence-corrected chi connectivity index (χ1v) is 10.7. The third-order valence-corrected chi connectivity index (χ3v) is 5.98. The van der Waals surface area contributed by atoms with Crippen molar-refractivity contribution in [2.45, 2.75) is 52.9 Å². The van der Waals surface area contributed by atoms with Gasteiger partial charge in [-0.15, -0.1) is 0 Å². The number of likely N-dealkylation sites (tertiary alicyclic amines) is 1. The van der Waals surface area contributed by atoms with E-state index in [1.54, 1.807) is 24.5 Å². The summed E-state index contributed by atoms with van der Waals surface area (Å²) in [6.07, 6.45) is 7.24. The van der Waals surface area contributed by atoms with Crippen molar-refractivity contribution in [2.24, 2.45) is 11.8 Å². The van der Waals surface area contributed by atoms with Gasteiger partial charge in [0.2, 0.25) is 5.91 Å². The standard InChI is InChI=1S/C23H31N5O2/c1-15(13-21(29)19-5-4-10-25-14-19)23(30)28-11-8-18(9-12-28)6-7-20-16(2)26-17(3)27-22(20)24/h4-5,10,14-15,18H,6-9,11-13H2,1-3H3,(H2,24,26,27)/t15-/m1/s1. The van der Waals surface area contributed by atoms with E-state index in [1.165, 1.54) is 0 Å². The van der Waals surface area contributed by atoms with E-state index in [9.17, 15) is 9.59 Å². The van der Waals surface area contributed by atoms with Crippen LogP contribution in [-0.4, -0.2) is 44.6 Å². The Kier molecular flexibility index (Phi) is 7.13. The molecule has 1 amide bonds. The molecule has 3 rings (SSSR count). The minimum Gasteiger partial charge on any atom is -0.383 e. The van der Waals surface area contributed by atoms with Gasteiger partial charge in [0.15, 0.2) is 5.78 Å². The molecular weight excluding hydrogens is 378 g/mol. The number of piperidine rings is 1. The topological polar surface area (TPSA) is 102 Å². The molecule has 0 aliphatic carbocycles. The fourth-order valence-electron chi connectivity index (χ4n) is 4.18. The van der Waals surface area contributed by atoms with Gasteiger partial charge in [0.25, 0.3) is 0 Å². The molecule has 1 fully saturated rings. The maximum absolute atomic E-state index is 12.8. The molecular formula is C23H31N5O2. The predicted octanol–water partition coefficient (Wildman–Crippen LogP) is 3.15. The third-order valence-electron chi connectivity index (χ3n) is 5.98. The number of Topliss-reactive ketones (excluding diaryl/α,β-unsaturated/α-hetero) is 1. The highest BCUT2D eigenvalue weighted by Gasteiger charge is 2.27. The zero-order chi connectivity index (χ0) is 21.7. The maximum Gasteiger partial charge on any atom is 0.225 e. The molecule has 3 heterocycles. The average molecular weight is 410 g/mol. The number of nitrogens with zero attached hydrogens (tertiary/aromatic N) is 4. The quantitative estimate of drug-likeness (QED) is 0.705. The van der Waals surface area contributed by atoms with Crippen LogP contribution < -0.4 is 5.73 Å². The van der Waals surface area contributed by atoms with Crippen molar-refractivity contribution in [2.75, 3.05) is 18.8 Å². The first kappa shape index (κ1) is 21.9. The average Bonchev–Trinajstić information content (AvgIpc) is 2.73. The van der Waals surface area contributed by atoms with E-state index in [0.29, 0.717) is 23.1 Å². The smallest absolute Gasteiger partial charge is 0.225 e. The van der Waals surface area contributed by atoms with Crippen molar-refractivity contribution in [1.82, 2.24) is 19.9 Å². The van der Waals surface area contributed by atoms with Crippen LogP contribution in [0.15, 0.2) is 24.5 Å². The number of rotatable bonds is 7. The largest absolute Gasteiger partial charge is 0.383 e.